The molecule has 0 saturated carbocycles. The Morgan fingerprint density at radius 1 is 1.17 bits per heavy atom. The molecule has 0 aromatic heterocycles. The zero-order valence-electron chi connectivity index (χ0n) is 7.91. The van der Waals surface area contributed by atoms with Gasteiger partial charge in [-0.15, -0.1) is 0 Å². The molecule has 1 aromatic rings. The van der Waals surface area contributed by atoms with Crippen molar-refractivity contribution in [3.63, 3.8) is 0 Å². The second-order valence-electron chi connectivity index (χ2n) is 2.06. The van der Waals surface area contributed by atoms with Crippen molar-refractivity contribution in [2.75, 3.05) is 0 Å². The molecule has 0 amide bonds. The molecule has 0 heterocycles. The summed E-state index contributed by atoms with van der Waals surface area (Å²) in [5, 5.41) is 9.19. The zero-order valence-corrected chi connectivity index (χ0v) is 7.91. The van der Waals surface area contributed by atoms with Gasteiger partial charge in [-0.05, 0) is 13.0 Å². The Labute approximate surface area is 74.4 Å². The molecule has 1 aromatic carbocycles. The van der Waals surface area contributed by atoms with Crippen LogP contribution in [0.25, 0.3) is 6.08 Å². The number of allylic oxidation sites excluding steroid dienone is 1. The molecule has 0 fully saturated rings. The van der Waals surface area contributed by atoms with Gasteiger partial charge in [-0.2, -0.15) is 0 Å². The predicted molar refractivity (Wildman–Crippen MR) is 54.2 cm³/mol. The molecule has 1 nitrogen and oxygen atoms in total. The molecule has 0 bridgehead atoms. The molecule has 12 heavy (non-hydrogen) atoms. The van der Waals surface area contributed by atoms with Gasteiger partial charge in [0, 0.05) is 5.56 Å². The Kier molecular flexibility index (Phi) is 5.80. The van der Waals surface area contributed by atoms with Crippen LogP contribution in [0.15, 0.2) is 30.3 Å². The highest BCUT2D eigenvalue weighted by molar-refractivity contribution is 5.55. The Morgan fingerprint density at radius 2 is 1.75 bits per heavy atom. The Morgan fingerprint density at radius 3 is 2.25 bits per heavy atom. The lowest BCUT2D eigenvalue weighted by Crippen LogP contribution is -1.70. The minimum Gasteiger partial charge on any atom is -0.507 e. The molecule has 0 atom stereocenters. The number of phenolic OH excluding ortho intramolecular Hbond substituents is 1. The molecule has 0 unspecified atom stereocenters. The molecule has 0 aliphatic heterocycles. The van der Waals surface area contributed by atoms with Crippen LogP contribution >= 0.6 is 0 Å². The first kappa shape index (κ1) is 10.8. The van der Waals surface area contributed by atoms with E-state index in [2.05, 4.69) is 0 Å². The van der Waals surface area contributed by atoms with Crippen LogP contribution in [0, 0.1) is 0 Å². The third-order valence-corrected chi connectivity index (χ3v) is 1.28. The van der Waals surface area contributed by atoms with E-state index in [9.17, 15) is 5.11 Å². The Balaban J connectivity index is 0.000000561. The smallest absolute Gasteiger partial charge is 0.122 e. The maximum Gasteiger partial charge on any atom is 0.122 e. The van der Waals surface area contributed by atoms with Crippen molar-refractivity contribution in [2.24, 2.45) is 0 Å². The molecule has 66 valence electrons. The summed E-state index contributed by atoms with van der Waals surface area (Å²) in [5.74, 6) is 0.334. The van der Waals surface area contributed by atoms with Gasteiger partial charge in [0.05, 0.1) is 0 Å². The number of rotatable bonds is 1. The average molecular weight is 164 g/mol. The fourth-order valence-electron chi connectivity index (χ4n) is 0.808. The van der Waals surface area contributed by atoms with Gasteiger partial charge in [0.2, 0.25) is 0 Å². The molecule has 1 rings (SSSR count). The van der Waals surface area contributed by atoms with Crippen LogP contribution in [0.2, 0.25) is 0 Å². The van der Waals surface area contributed by atoms with Crippen LogP contribution in [0.5, 0.6) is 5.75 Å². The normalized spacial score (nSPS) is 9.25. The maximum absolute atomic E-state index is 9.19. The van der Waals surface area contributed by atoms with Crippen LogP contribution in [-0.4, -0.2) is 5.11 Å². The Bertz CT molecular complexity index is 239. The quantitative estimate of drug-likeness (QED) is 0.674. The minimum absolute atomic E-state index is 0.334. The van der Waals surface area contributed by atoms with E-state index in [-0.39, 0.29) is 0 Å². The van der Waals surface area contributed by atoms with Gasteiger partial charge in [0.1, 0.15) is 5.75 Å². The number of benzene rings is 1. The van der Waals surface area contributed by atoms with E-state index in [0.29, 0.717) is 5.75 Å². The average Bonchev–Trinajstić information content (AvgIpc) is 2.13. The van der Waals surface area contributed by atoms with Crippen molar-refractivity contribution >= 4 is 6.08 Å². The summed E-state index contributed by atoms with van der Waals surface area (Å²) in [6.45, 7) is 5.92. The van der Waals surface area contributed by atoms with Crippen LogP contribution in [0.3, 0.4) is 0 Å². The van der Waals surface area contributed by atoms with E-state index in [1.165, 1.54) is 0 Å². The summed E-state index contributed by atoms with van der Waals surface area (Å²) in [4.78, 5) is 0. The number of aromatic hydroxyl groups is 1. The molecule has 1 N–H and O–H groups in total. The number of hydrogen-bond donors (Lipinski definition) is 1. The van der Waals surface area contributed by atoms with Gasteiger partial charge in [0.25, 0.3) is 0 Å². The van der Waals surface area contributed by atoms with Crippen LogP contribution in [0.4, 0.5) is 0 Å². The number of hydrogen-bond acceptors (Lipinski definition) is 1. The van der Waals surface area contributed by atoms with Gasteiger partial charge in [0.15, 0.2) is 0 Å². The molecular weight excluding hydrogens is 148 g/mol. The molecular formula is C11H16O. The largest absolute Gasteiger partial charge is 0.507 e. The van der Waals surface area contributed by atoms with Crippen molar-refractivity contribution in [3.8, 4) is 5.75 Å². The third kappa shape index (κ3) is 3.24. The van der Waals surface area contributed by atoms with Gasteiger partial charge in [-0.1, -0.05) is 44.2 Å². The van der Waals surface area contributed by atoms with E-state index in [1.807, 2.05) is 51.1 Å². The summed E-state index contributed by atoms with van der Waals surface area (Å²) >= 11 is 0. The molecule has 1 heteroatoms. The maximum atomic E-state index is 9.19. The lowest BCUT2D eigenvalue weighted by Gasteiger charge is -1.94. The predicted octanol–water partition coefficient (Wildman–Crippen LogP) is 3.45. The molecule has 0 aliphatic rings. The second-order valence-corrected chi connectivity index (χ2v) is 2.06. The second kappa shape index (κ2) is 6.47. The number of phenols is 1. The minimum atomic E-state index is 0.334. The van der Waals surface area contributed by atoms with E-state index in [4.69, 9.17) is 0 Å². The van der Waals surface area contributed by atoms with Crippen molar-refractivity contribution in [1.29, 1.82) is 0 Å². The van der Waals surface area contributed by atoms with E-state index < -0.39 is 0 Å². The van der Waals surface area contributed by atoms with Gasteiger partial charge >= 0.3 is 0 Å². The van der Waals surface area contributed by atoms with Crippen molar-refractivity contribution in [3.05, 3.63) is 35.9 Å². The lowest BCUT2D eigenvalue weighted by atomic mass is 10.2. The van der Waals surface area contributed by atoms with Crippen molar-refractivity contribution < 1.29 is 5.11 Å². The summed E-state index contributed by atoms with van der Waals surface area (Å²) in [7, 11) is 0. The summed E-state index contributed by atoms with van der Waals surface area (Å²) in [5.41, 5.74) is 0.866. The highest BCUT2D eigenvalue weighted by atomic mass is 16.3. The molecule has 0 saturated heterocycles. The third-order valence-electron chi connectivity index (χ3n) is 1.28. The van der Waals surface area contributed by atoms with Crippen LogP contribution < -0.4 is 0 Å². The van der Waals surface area contributed by atoms with Crippen LogP contribution in [0.1, 0.15) is 26.3 Å². The first-order chi connectivity index (χ1) is 5.84. The summed E-state index contributed by atoms with van der Waals surface area (Å²) < 4.78 is 0. The SMILES string of the molecule is C/C=C/c1ccccc1O.CC. The first-order valence-electron chi connectivity index (χ1n) is 4.25. The topological polar surface area (TPSA) is 20.2 Å². The van der Waals surface area contributed by atoms with E-state index >= 15 is 0 Å². The fraction of sp³-hybridized carbons (Fsp3) is 0.273. The highest BCUT2D eigenvalue weighted by Gasteiger charge is 1.90. The Hall–Kier alpha value is -1.24. The fourth-order valence-corrected chi connectivity index (χ4v) is 0.808. The molecule has 0 spiro atoms. The molecule has 0 radical (unpaired) electrons. The van der Waals surface area contributed by atoms with E-state index in [0.717, 1.165) is 5.56 Å². The summed E-state index contributed by atoms with van der Waals surface area (Å²) in [6.07, 6.45) is 3.77. The first-order valence-corrected chi connectivity index (χ1v) is 4.25. The summed E-state index contributed by atoms with van der Waals surface area (Å²) in [6, 6.07) is 7.25. The van der Waals surface area contributed by atoms with Gasteiger partial charge in [-0.3, -0.25) is 0 Å². The van der Waals surface area contributed by atoms with Gasteiger partial charge in [-0.25, -0.2) is 0 Å². The van der Waals surface area contributed by atoms with E-state index in [1.54, 1.807) is 6.07 Å². The standard InChI is InChI=1S/C9H10O.C2H6/c1-2-5-8-6-3-4-7-9(8)10;1-2/h2-7,10H,1H3;1-2H3/b5-2+;. The van der Waals surface area contributed by atoms with Gasteiger partial charge < -0.3 is 5.11 Å². The monoisotopic (exact) mass is 164 g/mol. The highest BCUT2D eigenvalue weighted by Crippen LogP contribution is 2.16. The van der Waals surface area contributed by atoms with Crippen molar-refractivity contribution in [2.45, 2.75) is 20.8 Å². The lowest BCUT2D eigenvalue weighted by molar-refractivity contribution is 0.474. The zero-order chi connectivity index (χ0) is 9.40. The number of para-hydroxylation sites is 1. The van der Waals surface area contributed by atoms with Crippen LogP contribution in [-0.2, 0) is 0 Å². The molecule has 0 aliphatic carbocycles. The van der Waals surface area contributed by atoms with Crippen molar-refractivity contribution in [1.82, 2.24) is 0 Å².